The third-order valence-corrected chi connectivity index (χ3v) is 43.0. The Labute approximate surface area is 388 Å². The van der Waals surface area contributed by atoms with Crippen LogP contribution < -0.4 is 24.8 Å². The largest absolute Gasteiger partial charge is 1.00 e. The van der Waals surface area contributed by atoms with Crippen molar-refractivity contribution in [3.63, 3.8) is 0 Å². The number of allylic oxidation sites excluding steroid dienone is 8. The first-order valence-electron chi connectivity index (χ1n) is 24.0. The summed E-state index contributed by atoms with van der Waals surface area (Å²) in [7, 11) is -4.35. The fourth-order valence-electron chi connectivity index (χ4n) is 14.8. The Bertz CT molecular complexity index is 2150. The summed E-state index contributed by atoms with van der Waals surface area (Å²) in [5.74, 6) is 0. The van der Waals surface area contributed by atoms with Crippen molar-refractivity contribution >= 4 is 38.4 Å². The Kier molecular flexibility index (Phi) is 12.8. The van der Waals surface area contributed by atoms with E-state index in [9.17, 15) is 0 Å². The summed E-state index contributed by atoms with van der Waals surface area (Å²) in [4.78, 5) is 0. The van der Waals surface area contributed by atoms with Gasteiger partial charge in [-0.3, -0.25) is 0 Å². The van der Waals surface area contributed by atoms with Gasteiger partial charge < -0.3 is 24.8 Å². The van der Waals surface area contributed by atoms with Gasteiger partial charge in [0.1, 0.15) is 0 Å². The van der Waals surface area contributed by atoms with Crippen LogP contribution in [0.15, 0.2) is 118 Å². The SMILES string of the molecule is CCCCC1=C2[CH](c3ccccc31)[Zr+2]1([CH]3C(=C(CCCC)c4ccccc43)[Si]2(C)C)[CH]2C(=C(CCCC)c3ccccc32)[Si](C)(C)C2=C(CCCC)c3ccccc3[CH]21.[Cl-].[Cl-]. The van der Waals surface area contributed by atoms with E-state index in [0.29, 0.717) is 14.5 Å². The van der Waals surface area contributed by atoms with Crippen molar-refractivity contribution in [3.05, 3.63) is 162 Å². The van der Waals surface area contributed by atoms with Crippen molar-refractivity contribution in [2.75, 3.05) is 0 Å². The molecular formula is C56H68Cl2Si2Zr. The van der Waals surface area contributed by atoms with Gasteiger partial charge in [0.15, 0.2) is 0 Å². The van der Waals surface area contributed by atoms with Gasteiger partial charge in [0, 0.05) is 0 Å². The summed E-state index contributed by atoms with van der Waals surface area (Å²) >= 11 is -4.12. The van der Waals surface area contributed by atoms with Crippen molar-refractivity contribution in [3.8, 4) is 0 Å². The Hall–Kier alpha value is -2.26. The molecule has 0 radical (unpaired) electrons. The van der Waals surface area contributed by atoms with Crippen LogP contribution in [0, 0.1) is 0 Å². The van der Waals surface area contributed by atoms with Crippen LogP contribution in [0.4, 0.5) is 0 Å². The third-order valence-electron chi connectivity index (χ3n) is 16.7. The molecule has 4 aromatic carbocycles. The Morgan fingerprint density at radius 2 is 0.574 bits per heavy atom. The second-order valence-corrected chi connectivity index (χ2v) is 39.6. The third kappa shape index (κ3) is 6.23. The summed E-state index contributed by atoms with van der Waals surface area (Å²) in [5, 5.41) is 8.09. The Morgan fingerprint density at radius 3 is 0.787 bits per heavy atom. The van der Waals surface area contributed by atoms with Crippen LogP contribution in [0.1, 0.15) is 164 Å². The van der Waals surface area contributed by atoms with E-state index < -0.39 is 36.4 Å². The summed E-state index contributed by atoms with van der Waals surface area (Å²) < 4.78 is 2.35. The minimum Gasteiger partial charge on any atom is -1.00 e. The van der Waals surface area contributed by atoms with Crippen molar-refractivity contribution in [1.82, 2.24) is 0 Å². The summed E-state index contributed by atoms with van der Waals surface area (Å²) in [6.07, 6.45) is 15.1. The topological polar surface area (TPSA) is 0 Å². The van der Waals surface area contributed by atoms with E-state index in [1.807, 2.05) is 43.1 Å². The maximum Gasteiger partial charge on any atom is -1.00 e. The van der Waals surface area contributed by atoms with E-state index in [2.05, 4.69) is 151 Å². The van der Waals surface area contributed by atoms with Crippen LogP contribution in [0.25, 0.3) is 22.3 Å². The van der Waals surface area contributed by atoms with Crippen molar-refractivity contribution in [2.45, 2.75) is 145 Å². The normalized spacial score (nSPS) is 24.3. The number of unbranched alkanes of at least 4 members (excludes halogenated alkanes) is 4. The van der Waals surface area contributed by atoms with Gasteiger partial charge >= 0.3 is 366 Å². The van der Waals surface area contributed by atoms with Crippen LogP contribution in [-0.4, -0.2) is 16.1 Å². The van der Waals surface area contributed by atoms with Crippen molar-refractivity contribution < 1.29 is 45.1 Å². The van der Waals surface area contributed by atoms with Crippen LogP contribution in [0.2, 0.25) is 26.2 Å². The molecule has 0 saturated carbocycles. The molecule has 4 aromatic rings. The number of hydrogen-bond acceptors (Lipinski definition) is 0. The number of hydrogen-bond donors (Lipinski definition) is 0. The molecule has 0 aromatic heterocycles. The number of benzene rings is 4. The number of halogens is 2. The average Bonchev–Trinajstić information content (AvgIpc) is 3.98. The van der Waals surface area contributed by atoms with Crippen LogP contribution in [0.5, 0.6) is 0 Å². The molecule has 0 N–H and O–H groups in total. The van der Waals surface area contributed by atoms with E-state index in [0.717, 1.165) is 0 Å². The molecule has 4 aliphatic carbocycles. The number of fused-ring (bicyclic) bond motifs is 16. The van der Waals surface area contributed by atoms with Gasteiger partial charge in [-0.25, -0.2) is 0 Å². The van der Waals surface area contributed by atoms with Crippen LogP contribution in [0.3, 0.4) is 0 Å². The molecule has 61 heavy (non-hydrogen) atoms. The standard InChI is InChI=1S/2C28H34Si.2ClH.Zr/c2*1-5-7-15-25-23-17-11-9-13-21(23)19-27(25)29(3,4)28-20-22-14-10-12-18-24(22)26(28)16-8-6-2;;;/h2*9-14,17-20H,5-8,15-16H2,1-4H3;2*1H;/q;;;;+2/p-2. The molecule has 4 atom stereocenters. The first-order valence-corrected chi connectivity index (χ1v) is 35.7. The predicted octanol–water partition coefficient (Wildman–Crippen LogP) is 10.5. The molecule has 318 valence electrons. The Balaban J connectivity index is 0.00000257. The molecular weight excluding hydrogens is 891 g/mol. The van der Waals surface area contributed by atoms with Gasteiger partial charge in [-0.15, -0.1) is 0 Å². The fourth-order valence-corrected chi connectivity index (χ4v) is 58.8. The van der Waals surface area contributed by atoms with E-state index in [4.69, 9.17) is 0 Å². The molecule has 0 amide bonds. The first-order chi connectivity index (χ1) is 28.7. The Morgan fingerprint density at radius 1 is 0.361 bits per heavy atom. The number of rotatable bonds is 12. The monoisotopic (exact) mass is 956 g/mol. The van der Waals surface area contributed by atoms with E-state index in [-0.39, 0.29) is 24.8 Å². The summed E-state index contributed by atoms with van der Waals surface area (Å²) in [5.41, 5.74) is 21.0. The first kappa shape index (κ1) is 45.3. The van der Waals surface area contributed by atoms with E-state index in [1.165, 1.54) is 77.0 Å². The van der Waals surface area contributed by atoms with Crippen molar-refractivity contribution in [2.24, 2.45) is 0 Å². The average molecular weight is 959 g/mol. The predicted molar refractivity (Wildman–Crippen MR) is 257 cm³/mol. The molecule has 0 bridgehead atoms. The van der Waals surface area contributed by atoms with Gasteiger partial charge in [-0.1, -0.05) is 0 Å². The van der Waals surface area contributed by atoms with Gasteiger partial charge in [0.25, 0.3) is 0 Å². The molecule has 2 heterocycles. The zero-order chi connectivity index (χ0) is 40.8. The quantitative estimate of drug-likeness (QED) is 0.124. The maximum atomic E-state index is 2.87. The van der Waals surface area contributed by atoms with Gasteiger partial charge in [-0.05, 0) is 0 Å². The fraction of sp³-hybridized carbons (Fsp3) is 0.429. The van der Waals surface area contributed by atoms with Gasteiger partial charge in [0.2, 0.25) is 0 Å². The summed E-state index contributed by atoms with van der Waals surface area (Å²) in [6.45, 7) is 21.2. The van der Waals surface area contributed by atoms with Gasteiger partial charge in [0.05, 0.1) is 0 Å². The maximum absolute atomic E-state index is 4.12. The molecule has 2 fully saturated rings. The molecule has 0 nitrogen and oxygen atoms in total. The van der Waals surface area contributed by atoms with E-state index >= 15 is 0 Å². The minimum atomic E-state index is -4.12. The van der Waals surface area contributed by atoms with Crippen molar-refractivity contribution in [1.29, 1.82) is 0 Å². The molecule has 2 saturated heterocycles. The minimum absolute atomic E-state index is 0. The molecule has 6 aliphatic rings. The summed E-state index contributed by atoms with van der Waals surface area (Å²) in [6, 6.07) is 40.6. The molecule has 1 spiro atoms. The molecule has 4 unspecified atom stereocenters. The molecule has 5 heteroatoms. The molecule has 10 rings (SSSR count). The van der Waals surface area contributed by atoms with Crippen LogP contribution >= 0.6 is 0 Å². The smallest absolute Gasteiger partial charge is 1.00 e. The second kappa shape index (κ2) is 17.3. The van der Waals surface area contributed by atoms with Crippen LogP contribution in [-0.2, 0) is 20.3 Å². The second-order valence-electron chi connectivity index (χ2n) is 20.3. The molecule has 2 aliphatic heterocycles. The van der Waals surface area contributed by atoms with Gasteiger partial charge in [-0.2, -0.15) is 0 Å². The van der Waals surface area contributed by atoms with E-state index in [1.54, 1.807) is 44.5 Å². The zero-order valence-corrected chi connectivity index (χ0v) is 44.3. The zero-order valence-electron chi connectivity index (χ0n) is 38.3.